The van der Waals surface area contributed by atoms with Gasteiger partial charge in [0.1, 0.15) is 0 Å². The van der Waals surface area contributed by atoms with Crippen molar-refractivity contribution in [2.75, 3.05) is 11.1 Å². The molecular weight excluding hydrogens is 324 g/mol. The highest BCUT2D eigenvalue weighted by Gasteiger charge is 2.22. The number of amides is 1. The quantitative estimate of drug-likeness (QED) is 0.811. The molecule has 1 aromatic carbocycles. The van der Waals surface area contributed by atoms with Crippen LogP contribution in [-0.2, 0) is 11.2 Å². The molecule has 2 aromatic rings. The van der Waals surface area contributed by atoms with E-state index in [1.54, 1.807) is 12.1 Å². The van der Waals surface area contributed by atoms with E-state index < -0.39 is 0 Å². The molecule has 1 amide bonds. The van der Waals surface area contributed by atoms with Crippen LogP contribution >= 0.6 is 11.8 Å². The van der Waals surface area contributed by atoms with Gasteiger partial charge in [0, 0.05) is 5.69 Å². The van der Waals surface area contributed by atoms with Crippen molar-refractivity contribution in [2.24, 2.45) is 0 Å². The van der Waals surface area contributed by atoms with Crippen LogP contribution in [0, 0.1) is 11.3 Å². The fourth-order valence-electron chi connectivity index (χ4n) is 2.78. The summed E-state index contributed by atoms with van der Waals surface area (Å²) in [6.07, 6.45) is 4.97. The van der Waals surface area contributed by atoms with Crippen LogP contribution in [0.2, 0.25) is 0 Å². The maximum absolute atomic E-state index is 12.1. The van der Waals surface area contributed by atoms with E-state index in [0.29, 0.717) is 17.6 Å². The lowest BCUT2D eigenvalue weighted by atomic mass is 10.1. The van der Waals surface area contributed by atoms with Crippen LogP contribution in [0.3, 0.4) is 0 Å². The van der Waals surface area contributed by atoms with Gasteiger partial charge in [0.15, 0.2) is 0 Å². The maximum Gasteiger partial charge on any atom is 0.234 e. The van der Waals surface area contributed by atoms with E-state index in [-0.39, 0.29) is 11.7 Å². The molecule has 1 aliphatic carbocycles. The zero-order chi connectivity index (χ0) is 16.8. The second kappa shape index (κ2) is 7.93. The van der Waals surface area contributed by atoms with Gasteiger partial charge in [0.05, 0.1) is 24.3 Å². The minimum atomic E-state index is -0.103. The molecule has 1 N–H and O–H groups in total. The number of nitrogens with zero attached hydrogens (tertiary/aromatic N) is 5. The second-order valence-electron chi connectivity index (χ2n) is 5.71. The Balaban J connectivity index is 1.52. The van der Waals surface area contributed by atoms with Crippen LogP contribution in [0.1, 0.15) is 37.3 Å². The largest absolute Gasteiger partial charge is 0.325 e. The van der Waals surface area contributed by atoms with Crippen molar-refractivity contribution in [3.05, 3.63) is 29.8 Å². The predicted octanol–water partition coefficient (Wildman–Crippen LogP) is 2.59. The molecule has 1 heterocycles. The number of thioether (sulfide) groups is 1. The first-order valence-electron chi connectivity index (χ1n) is 7.92. The summed E-state index contributed by atoms with van der Waals surface area (Å²) in [6, 6.07) is 9.74. The third-order valence-electron chi connectivity index (χ3n) is 3.99. The summed E-state index contributed by atoms with van der Waals surface area (Å²) < 4.78 is 1.85. The molecule has 0 saturated heterocycles. The number of rotatable bonds is 6. The third-order valence-corrected chi connectivity index (χ3v) is 4.92. The van der Waals surface area contributed by atoms with Crippen LogP contribution in [0.4, 0.5) is 5.69 Å². The Morgan fingerprint density at radius 2 is 2.08 bits per heavy atom. The number of nitriles is 1. The van der Waals surface area contributed by atoms with Crippen LogP contribution in [0.25, 0.3) is 0 Å². The van der Waals surface area contributed by atoms with E-state index in [1.165, 1.54) is 24.6 Å². The van der Waals surface area contributed by atoms with Crippen molar-refractivity contribution in [3.8, 4) is 6.07 Å². The van der Waals surface area contributed by atoms with Crippen molar-refractivity contribution in [1.29, 1.82) is 5.26 Å². The van der Waals surface area contributed by atoms with Crippen LogP contribution in [-0.4, -0.2) is 31.9 Å². The standard InChI is InChI=1S/C16H18N6OS/c17-10-9-12-5-7-13(8-6-12)18-15(23)11-24-16-19-20-21-22(16)14-3-1-2-4-14/h5-8,14H,1-4,9,11H2,(H,18,23). The molecule has 0 radical (unpaired) electrons. The van der Waals surface area contributed by atoms with Crippen molar-refractivity contribution in [2.45, 2.75) is 43.3 Å². The van der Waals surface area contributed by atoms with Gasteiger partial charge in [0.25, 0.3) is 0 Å². The molecule has 0 unspecified atom stereocenters. The molecule has 24 heavy (non-hydrogen) atoms. The third kappa shape index (κ3) is 4.11. The number of carbonyl (C=O) groups excluding carboxylic acids is 1. The van der Waals surface area contributed by atoms with E-state index in [1.807, 2.05) is 16.8 Å². The molecule has 124 valence electrons. The minimum absolute atomic E-state index is 0.103. The van der Waals surface area contributed by atoms with Gasteiger partial charge in [-0.3, -0.25) is 4.79 Å². The number of tetrazole rings is 1. The monoisotopic (exact) mass is 342 g/mol. The Bertz CT molecular complexity index is 730. The van der Waals surface area contributed by atoms with Gasteiger partial charge in [-0.2, -0.15) is 5.26 Å². The van der Waals surface area contributed by atoms with Crippen molar-refractivity contribution >= 4 is 23.4 Å². The SMILES string of the molecule is N#CCc1ccc(NC(=O)CSc2nnnn2C2CCCC2)cc1. The molecule has 7 nitrogen and oxygen atoms in total. The lowest BCUT2D eigenvalue weighted by Gasteiger charge is -2.10. The predicted molar refractivity (Wildman–Crippen MR) is 90.4 cm³/mol. The summed E-state index contributed by atoms with van der Waals surface area (Å²) in [5.41, 5.74) is 1.65. The van der Waals surface area contributed by atoms with Crippen LogP contribution in [0.5, 0.6) is 0 Å². The van der Waals surface area contributed by atoms with Gasteiger partial charge < -0.3 is 5.32 Å². The molecule has 0 bridgehead atoms. The molecule has 0 atom stereocenters. The van der Waals surface area contributed by atoms with Crippen molar-refractivity contribution in [1.82, 2.24) is 20.2 Å². The van der Waals surface area contributed by atoms with E-state index >= 15 is 0 Å². The number of carbonyl (C=O) groups is 1. The summed E-state index contributed by atoms with van der Waals surface area (Å²) >= 11 is 1.35. The summed E-state index contributed by atoms with van der Waals surface area (Å²) in [4.78, 5) is 12.1. The molecule has 8 heteroatoms. The van der Waals surface area contributed by atoms with Gasteiger partial charge in [0.2, 0.25) is 11.1 Å². The lowest BCUT2D eigenvalue weighted by molar-refractivity contribution is -0.113. The Morgan fingerprint density at radius 3 is 2.79 bits per heavy atom. The Morgan fingerprint density at radius 1 is 1.33 bits per heavy atom. The van der Waals surface area contributed by atoms with E-state index in [9.17, 15) is 4.79 Å². The smallest absolute Gasteiger partial charge is 0.234 e. The summed E-state index contributed by atoms with van der Waals surface area (Å²) in [5, 5.41) is 24.0. The summed E-state index contributed by atoms with van der Waals surface area (Å²) in [5.74, 6) is 0.154. The number of anilines is 1. The molecule has 0 aliphatic heterocycles. The first kappa shape index (κ1) is 16.5. The average molecular weight is 342 g/mol. The first-order valence-corrected chi connectivity index (χ1v) is 8.91. The number of aromatic nitrogens is 4. The van der Waals surface area contributed by atoms with Gasteiger partial charge in [-0.05, 0) is 41.0 Å². The highest BCUT2D eigenvalue weighted by Crippen LogP contribution is 2.31. The van der Waals surface area contributed by atoms with Crippen molar-refractivity contribution in [3.63, 3.8) is 0 Å². The minimum Gasteiger partial charge on any atom is -0.325 e. The molecule has 1 aliphatic rings. The molecular formula is C16H18N6OS. The Labute approximate surface area is 144 Å². The number of hydrogen-bond acceptors (Lipinski definition) is 6. The molecule has 3 rings (SSSR count). The number of nitrogens with one attached hydrogen (secondary N) is 1. The van der Waals surface area contributed by atoms with Gasteiger partial charge in [-0.15, -0.1) is 5.10 Å². The topological polar surface area (TPSA) is 96.5 Å². The summed E-state index contributed by atoms with van der Waals surface area (Å²) in [6.45, 7) is 0. The van der Waals surface area contributed by atoms with Crippen LogP contribution < -0.4 is 5.32 Å². The second-order valence-corrected chi connectivity index (χ2v) is 6.66. The molecule has 0 spiro atoms. The number of benzene rings is 1. The Kier molecular flexibility index (Phi) is 5.43. The van der Waals surface area contributed by atoms with E-state index in [4.69, 9.17) is 5.26 Å². The molecule has 1 aromatic heterocycles. The van der Waals surface area contributed by atoms with Crippen LogP contribution in [0.15, 0.2) is 29.4 Å². The fourth-order valence-corrected chi connectivity index (χ4v) is 3.53. The highest BCUT2D eigenvalue weighted by molar-refractivity contribution is 7.99. The zero-order valence-corrected chi connectivity index (χ0v) is 14.0. The van der Waals surface area contributed by atoms with Gasteiger partial charge >= 0.3 is 0 Å². The van der Waals surface area contributed by atoms with Gasteiger partial charge in [-0.1, -0.05) is 36.7 Å². The maximum atomic E-state index is 12.1. The number of hydrogen-bond donors (Lipinski definition) is 1. The fraction of sp³-hybridized carbons (Fsp3) is 0.438. The molecule has 1 fully saturated rings. The summed E-state index contributed by atoms with van der Waals surface area (Å²) in [7, 11) is 0. The highest BCUT2D eigenvalue weighted by atomic mass is 32.2. The molecule has 1 saturated carbocycles. The van der Waals surface area contributed by atoms with E-state index in [2.05, 4.69) is 26.9 Å². The first-order chi connectivity index (χ1) is 11.8. The van der Waals surface area contributed by atoms with Crippen molar-refractivity contribution < 1.29 is 4.79 Å². The lowest BCUT2D eigenvalue weighted by Crippen LogP contribution is -2.15. The normalized spacial score (nSPS) is 14.5. The average Bonchev–Trinajstić information content (AvgIpc) is 3.26. The Hall–Kier alpha value is -2.40. The van der Waals surface area contributed by atoms with E-state index in [0.717, 1.165) is 24.1 Å². The van der Waals surface area contributed by atoms with Gasteiger partial charge in [-0.25, -0.2) is 4.68 Å². The zero-order valence-electron chi connectivity index (χ0n) is 13.2.